The van der Waals surface area contributed by atoms with E-state index in [0.29, 0.717) is 12.8 Å². The Hall–Kier alpha value is -4.52. The van der Waals surface area contributed by atoms with E-state index in [-0.39, 0.29) is 25.5 Å². The second-order valence-corrected chi connectivity index (χ2v) is 11.7. The van der Waals surface area contributed by atoms with Crippen LogP contribution in [0.25, 0.3) is 31.3 Å². The maximum atomic E-state index is 13.8. The minimum Gasteiger partial charge on any atom is -0.445 e. The van der Waals surface area contributed by atoms with Crippen molar-refractivity contribution in [3.63, 3.8) is 0 Å². The summed E-state index contributed by atoms with van der Waals surface area (Å²) < 4.78 is 18.5. The Balaban J connectivity index is 1.40. The highest BCUT2D eigenvalue weighted by atomic mass is 16.7. The van der Waals surface area contributed by atoms with Crippen LogP contribution < -0.4 is 0 Å². The number of rotatable bonds is 12. The van der Waals surface area contributed by atoms with E-state index in [9.17, 15) is 26.1 Å². The van der Waals surface area contributed by atoms with Gasteiger partial charge in [-0.2, -0.15) is 0 Å². The van der Waals surface area contributed by atoms with Crippen LogP contribution in [0.3, 0.4) is 0 Å². The molecule has 2 aromatic rings. The Labute approximate surface area is 264 Å². The van der Waals surface area contributed by atoms with E-state index in [2.05, 4.69) is 30.1 Å². The number of ether oxygens (including phenoxy) is 3. The van der Waals surface area contributed by atoms with Gasteiger partial charge in [0.1, 0.15) is 12.7 Å². The number of nitrogens with zero attached hydrogens (tertiary/aromatic N) is 10. The Kier molecular flexibility index (Phi) is 11.2. The molecule has 2 aliphatic carbocycles. The van der Waals surface area contributed by atoms with Gasteiger partial charge in [0.15, 0.2) is 6.29 Å². The van der Waals surface area contributed by atoms with E-state index < -0.39 is 61.0 Å². The molecule has 2 aromatic carbocycles. The zero-order valence-electron chi connectivity index (χ0n) is 25.0. The minimum atomic E-state index is -1.60. The molecule has 16 nitrogen and oxygen atoms in total. The van der Waals surface area contributed by atoms with E-state index in [4.69, 9.17) is 19.7 Å². The van der Waals surface area contributed by atoms with E-state index >= 15 is 0 Å². The van der Waals surface area contributed by atoms with Gasteiger partial charge in [-0.15, -0.1) is 0 Å². The standard InChI is InChI=1S/C30H36N10O6/c31-37-34-21-13-14-24(45-29(21)46-28-23(36-39-33)15-22(35-38-32)26(41)27(28)42)25(20-11-12-20)40(16-18-7-3-1-4-8-18)30(43)44-17-19-9-5-2-6-10-19/h1-10,20-29,41-42H,11-17H2/t21-,22+,23-,24-,25+,26-,27+,28+,29+/m0/s1. The van der Waals surface area contributed by atoms with Crippen LogP contribution in [0, 0.1) is 5.92 Å². The molecule has 1 amide bonds. The molecular formula is C30H36N10O6. The Morgan fingerprint density at radius 1 is 0.848 bits per heavy atom. The third kappa shape index (κ3) is 8.00. The smallest absolute Gasteiger partial charge is 0.410 e. The lowest BCUT2D eigenvalue weighted by molar-refractivity contribution is -0.261. The molecule has 16 heteroatoms. The highest BCUT2D eigenvalue weighted by Crippen LogP contribution is 2.42. The third-order valence-electron chi connectivity index (χ3n) is 8.69. The minimum absolute atomic E-state index is 0.0812. The molecule has 46 heavy (non-hydrogen) atoms. The van der Waals surface area contributed by atoms with E-state index in [1.165, 1.54) is 0 Å². The van der Waals surface area contributed by atoms with Crippen molar-refractivity contribution >= 4 is 6.09 Å². The van der Waals surface area contributed by atoms with Gasteiger partial charge >= 0.3 is 6.09 Å². The van der Waals surface area contributed by atoms with Gasteiger partial charge in [0, 0.05) is 21.3 Å². The van der Waals surface area contributed by atoms with Gasteiger partial charge in [0.05, 0.1) is 42.5 Å². The van der Waals surface area contributed by atoms with E-state index in [0.717, 1.165) is 24.0 Å². The zero-order chi connectivity index (χ0) is 32.5. The average Bonchev–Trinajstić information content (AvgIpc) is 3.91. The maximum Gasteiger partial charge on any atom is 0.410 e. The number of hydrogen-bond donors (Lipinski definition) is 2. The molecule has 1 aliphatic heterocycles. The maximum absolute atomic E-state index is 13.8. The second-order valence-electron chi connectivity index (χ2n) is 11.7. The lowest BCUT2D eigenvalue weighted by atomic mass is 9.84. The van der Waals surface area contributed by atoms with Crippen molar-refractivity contribution in [3.8, 4) is 0 Å². The second kappa shape index (κ2) is 15.7. The molecular weight excluding hydrogens is 596 g/mol. The highest BCUT2D eigenvalue weighted by Gasteiger charge is 2.49. The number of azide groups is 3. The largest absolute Gasteiger partial charge is 0.445 e. The van der Waals surface area contributed by atoms with E-state index in [1.54, 1.807) is 4.90 Å². The topological polar surface area (TPSA) is 235 Å². The Bertz CT molecular complexity index is 1460. The van der Waals surface area contributed by atoms with Crippen molar-refractivity contribution in [2.24, 2.45) is 21.3 Å². The third-order valence-corrected chi connectivity index (χ3v) is 8.69. The Morgan fingerprint density at radius 2 is 1.46 bits per heavy atom. The molecule has 3 fully saturated rings. The van der Waals surface area contributed by atoms with Gasteiger partial charge in [-0.05, 0) is 65.7 Å². The summed E-state index contributed by atoms with van der Waals surface area (Å²) in [5.41, 5.74) is 29.1. The van der Waals surface area contributed by atoms with Gasteiger partial charge in [-0.25, -0.2) is 4.79 Å². The van der Waals surface area contributed by atoms with Crippen LogP contribution in [0.15, 0.2) is 76.0 Å². The van der Waals surface area contributed by atoms with Gasteiger partial charge in [0.25, 0.3) is 0 Å². The summed E-state index contributed by atoms with van der Waals surface area (Å²) in [7, 11) is 0. The molecule has 2 N–H and O–H groups in total. The SMILES string of the molecule is [N-]=[N+]=N[C@H]1CC[C@@H]([C@@H](C2CC2)N(Cc2ccccc2)C(=O)OCc2ccccc2)O[C@@H]1O[C@H]1[C@H](O)[C@@H](O)[C@H](N=[N+]=[N-])C[C@@H]1N=[N+]=[N-]. The quantitative estimate of drug-likeness (QED) is 0.170. The van der Waals surface area contributed by atoms with Crippen LogP contribution in [0.4, 0.5) is 4.79 Å². The lowest BCUT2D eigenvalue weighted by Gasteiger charge is -2.45. The van der Waals surface area contributed by atoms with Crippen LogP contribution in [0.5, 0.6) is 0 Å². The molecule has 5 rings (SSSR count). The number of carbonyl (C=O) groups is 1. The van der Waals surface area contributed by atoms with Crippen molar-refractivity contribution < 1.29 is 29.2 Å². The van der Waals surface area contributed by atoms with Crippen LogP contribution >= 0.6 is 0 Å². The van der Waals surface area contributed by atoms with Crippen LogP contribution in [0.1, 0.15) is 43.2 Å². The molecule has 0 unspecified atom stereocenters. The molecule has 3 aliphatic rings. The number of hydrogen-bond acceptors (Lipinski definition) is 9. The average molecular weight is 633 g/mol. The fourth-order valence-electron chi connectivity index (χ4n) is 6.28. The molecule has 242 valence electrons. The monoisotopic (exact) mass is 632 g/mol. The van der Waals surface area contributed by atoms with Gasteiger partial charge in [0.2, 0.25) is 0 Å². The first-order valence-electron chi connectivity index (χ1n) is 15.2. The fraction of sp³-hybridized carbons (Fsp3) is 0.567. The summed E-state index contributed by atoms with van der Waals surface area (Å²) in [6.45, 7) is 0.367. The van der Waals surface area contributed by atoms with Crippen LogP contribution in [0.2, 0.25) is 0 Å². The lowest BCUT2D eigenvalue weighted by Crippen LogP contribution is -2.59. The van der Waals surface area contributed by atoms with Crippen molar-refractivity contribution in [2.45, 2.75) is 100 Å². The first kappa shape index (κ1) is 32.9. The molecule has 1 heterocycles. The first-order chi connectivity index (χ1) is 22.4. The van der Waals surface area contributed by atoms with Crippen molar-refractivity contribution in [1.82, 2.24) is 4.90 Å². The molecule has 1 saturated heterocycles. The van der Waals surface area contributed by atoms with Crippen molar-refractivity contribution in [2.75, 3.05) is 0 Å². The van der Waals surface area contributed by atoms with Gasteiger partial charge in [-0.1, -0.05) is 76.0 Å². The fourth-order valence-corrected chi connectivity index (χ4v) is 6.28. The van der Waals surface area contributed by atoms with Crippen molar-refractivity contribution in [3.05, 3.63) is 103 Å². The predicted octanol–water partition coefficient (Wildman–Crippen LogP) is 5.66. The normalized spacial score (nSPS) is 29.6. The zero-order valence-corrected chi connectivity index (χ0v) is 25.0. The molecule has 9 atom stereocenters. The molecule has 0 aromatic heterocycles. The number of amides is 1. The van der Waals surface area contributed by atoms with E-state index in [1.807, 2.05) is 60.7 Å². The highest BCUT2D eigenvalue weighted by molar-refractivity contribution is 5.68. The van der Waals surface area contributed by atoms with Gasteiger partial charge in [-0.3, -0.25) is 4.90 Å². The first-order valence-corrected chi connectivity index (χ1v) is 15.2. The summed E-state index contributed by atoms with van der Waals surface area (Å²) in [6, 6.07) is 15.7. The predicted molar refractivity (Wildman–Crippen MR) is 163 cm³/mol. The summed E-state index contributed by atoms with van der Waals surface area (Å²) in [5.74, 6) is 0.122. The summed E-state index contributed by atoms with van der Waals surface area (Å²) in [4.78, 5) is 24.0. The summed E-state index contributed by atoms with van der Waals surface area (Å²) in [6.07, 6.45) is -4.16. The molecule has 0 spiro atoms. The Morgan fingerprint density at radius 3 is 2.09 bits per heavy atom. The number of aliphatic hydroxyl groups is 2. The van der Waals surface area contributed by atoms with Crippen LogP contribution in [-0.4, -0.2) is 76.1 Å². The molecule has 0 bridgehead atoms. The van der Waals surface area contributed by atoms with Gasteiger partial charge < -0.3 is 24.4 Å². The number of benzene rings is 2. The molecule has 2 saturated carbocycles. The number of aliphatic hydroxyl groups excluding tert-OH is 2. The van der Waals surface area contributed by atoms with Crippen LogP contribution in [-0.2, 0) is 27.4 Å². The van der Waals surface area contributed by atoms with Crippen molar-refractivity contribution in [1.29, 1.82) is 0 Å². The summed E-state index contributed by atoms with van der Waals surface area (Å²) >= 11 is 0. The molecule has 0 radical (unpaired) electrons. The number of carbonyl (C=O) groups excluding carboxylic acids is 1. The summed E-state index contributed by atoms with van der Waals surface area (Å²) in [5, 5.41) is 32.7.